The van der Waals surface area contributed by atoms with Gasteiger partial charge in [-0.2, -0.15) is 0 Å². The molecule has 0 bridgehead atoms. The predicted octanol–water partition coefficient (Wildman–Crippen LogP) is 3.59. The average Bonchev–Trinajstić information content (AvgIpc) is 2.55. The van der Waals surface area contributed by atoms with Crippen molar-refractivity contribution in [3.05, 3.63) is 54.1 Å². The Morgan fingerprint density at radius 3 is 2.00 bits per heavy atom. The van der Waals surface area contributed by atoms with Crippen LogP contribution in [0.25, 0.3) is 11.1 Å². The van der Waals surface area contributed by atoms with Crippen molar-refractivity contribution in [1.29, 1.82) is 0 Å². The van der Waals surface area contributed by atoms with Crippen molar-refractivity contribution >= 4 is 5.97 Å². The number of hydrogen-bond donors (Lipinski definition) is 2. The first-order valence-corrected chi connectivity index (χ1v) is 7.38. The highest BCUT2D eigenvalue weighted by Crippen LogP contribution is 2.23. The number of aromatic carboxylic acids is 1. The molecule has 0 heterocycles. The Balaban J connectivity index is 1.92. The van der Waals surface area contributed by atoms with Gasteiger partial charge in [-0.3, -0.25) is 0 Å². The lowest BCUT2D eigenvalue weighted by Gasteiger charge is -2.07. The summed E-state index contributed by atoms with van der Waals surface area (Å²) < 4.78 is 5.63. The molecule has 0 radical (unpaired) electrons. The number of hydrogen-bond acceptors (Lipinski definition) is 3. The van der Waals surface area contributed by atoms with E-state index >= 15 is 0 Å². The van der Waals surface area contributed by atoms with Gasteiger partial charge in [-0.05, 0) is 54.7 Å². The zero-order valence-corrected chi connectivity index (χ0v) is 12.4. The number of carboxylic acid groups (broad SMARTS) is 1. The van der Waals surface area contributed by atoms with Gasteiger partial charge >= 0.3 is 5.97 Å². The zero-order valence-electron chi connectivity index (χ0n) is 12.4. The molecule has 2 N–H and O–H groups in total. The van der Waals surface area contributed by atoms with Gasteiger partial charge in [-0.25, -0.2) is 4.79 Å². The first-order chi connectivity index (χ1) is 10.7. The number of carboxylic acids is 1. The van der Waals surface area contributed by atoms with E-state index in [1.165, 1.54) is 0 Å². The van der Waals surface area contributed by atoms with Gasteiger partial charge in [0.2, 0.25) is 0 Å². The van der Waals surface area contributed by atoms with Crippen molar-refractivity contribution in [3.63, 3.8) is 0 Å². The number of aliphatic hydroxyl groups is 1. The van der Waals surface area contributed by atoms with Crippen molar-refractivity contribution in [2.75, 3.05) is 13.2 Å². The molecule has 0 amide bonds. The maximum absolute atomic E-state index is 10.8. The fourth-order valence-electron chi connectivity index (χ4n) is 2.13. The number of rotatable bonds is 8. The third-order valence-corrected chi connectivity index (χ3v) is 3.39. The van der Waals surface area contributed by atoms with Gasteiger partial charge in [0.25, 0.3) is 0 Å². The van der Waals surface area contributed by atoms with E-state index in [2.05, 4.69) is 0 Å². The zero-order chi connectivity index (χ0) is 15.8. The monoisotopic (exact) mass is 300 g/mol. The van der Waals surface area contributed by atoms with Gasteiger partial charge in [0.05, 0.1) is 12.2 Å². The highest BCUT2D eigenvalue weighted by Gasteiger charge is 2.03. The molecule has 0 unspecified atom stereocenters. The summed E-state index contributed by atoms with van der Waals surface area (Å²) in [6.45, 7) is 0.877. The molecule has 0 saturated heterocycles. The molecule has 2 aromatic rings. The van der Waals surface area contributed by atoms with Crippen LogP contribution in [0.5, 0.6) is 5.75 Å². The van der Waals surface area contributed by atoms with Crippen LogP contribution in [0.3, 0.4) is 0 Å². The molecular weight excluding hydrogens is 280 g/mol. The second kappa shape index (κ2) is 8.20. The lowest BCUT2D eigenvalue weighted by molar-refractivity contribution is 0.0697. The molecule has 0 aliphatic heterocycles. The first-order valence-electron chi connectivity index (χ1n) is 7.38. The van der Waals surface area contributed by atoms with Crippen LogP contribution in [0.4, 0.5) is 0 Å². The highest BCUT2D eigenvalue weighted by atomic mass is 16.5. The first kappa shape index (κ1) is 16.0. The molecule has 0 aliphatic carbocycles. The Labute approximate surface area is 130 Å². The van der Waals surface area contributed by atoms with Gasteiger partial charge in [0, 0.05) is 6.61 Å². The summed E-state index contributed by atoms with van der Waals surface area (Å²) in [6, 6.07) is 14.5. The molecule has 2 aromatic carbocycles. The minimum Gasteiger partial charge on any atom is -0.494 e. The molecular formula is C18H20O4. The number of benzene rings is 2. The Kier molecular flexibility index (Phi) is 5.98. The van der Waals surface area contributed by atoms with Gasteiger partial charge in [-0.1, -0.05) is 24.3 Å². The van der Waals surface area contributed by atoms with Crippen molar-refractivity contribution in [2.24, 2.45) is 0 Å². The standard InChI is InChI=1S/C18H20O4/c19-12-2-1-3-13-22-17-10-8-15(9-11-17)14-4-6-16(7-5-14)18(20)21/h4-11,19H,1-3,12-13H2,(H,20,21). The average molecular weight is 300 g/mol. The maximum Gasteiger partial charge on any atom is 0.335 e. The molecule has 0 spiro atoms. The number of ether oxygens (including phenoxy) is 1. The smallest absolute Gasteiger partial charge is 0.335 e. The van der Waals surface area contributed by atoms with E-state index < -0.39 is 5.97 Å². The second-order valence-electron chi connectivity index (χ2n) is 5.04. The molecule has 0 aliphatic rings. The van der Waals surface area contributed by atoms with Crippen LogP contribution in [0.1, 0.15) is 29.6 Å². The third-order valence-electron chi connectivity index (χ3n) is 3.39. The summed E-state index contributed by atoms with van der Waals surface area (Å²) in [5, 5.41) is 17.6. The van der Waals surface area contributed by atoms with E-state index in [1.807, 2.05) is 24.3 Å². The fourth-order valence-corrected chi connectivity index (χ4v) is 2.13. The van der Waals surface area contributed by atoms with Crippen LogP contribution in [0.15, 0.2) is 48.5 Å². The molecule has 0 aromatic heterocycles. The van der Waals surface area contributed by atoms with E-state index in [1.54, 1.807) is 24.3 Å². The molecule has 22 heavy (non-hydrogen) atoms. The third kappa shape index (κ3) is 4.60. The summed E-state index contributed by atoms with van der Waals surface area (Å²) in [6.07, 6.45) is 2.71. The Bertz CT molecular complexity index is 587. The summed E-state index contributed by atoms with van der Waals surface area (Å²) in [7, 11) is 0. The quantitative estimate of drug-likeness (QED) is 0.731. The number of unbranched alkanes of at least 4 members (excludes halogenated alkanes) is 2. The van der Waals surface area contributed by atoms with E-state index in [9.17, 15) is 4.79 Å². The van der Waals surface area contributed by atoms with Crippen molar-refractivity contribution < 1.29 is 19.7 Å². The van der Waals surface area contributed by atoms with Crippen LogP contribution < -0.4 is 4.74 Å². The van der Waals surface area contributed by atoms with Gasteiger partial charge < -0.3 is 14.9 Å². The van der Waals surface area contributed by atoms with E-state index in [0.717, 1.165) is 36.1 Å². The fraction of sp³-hybridized carbons (Fsp3) is 0.278. The molecule has 0 fully saturated rings. The lowest BCUT2D eigenvalue weighted by Crippen LogP contribution is -1.98. The molecule has 0 saturated carbocycles. The normalized spacial score (nSPS) is 10.4. The highest BCUT2D eigenvalue weighted by molar-refractivity contribution is 5.88. The van der Waals surface area contributed by atoms with Gasteiger partial charge in [0.1, 0.15) is 5.75 Å². The summed E-state index contributed by atoms with van der Waals surface area (Å²) >= 11 is 0. The molecule has 2 rings (SSSR count). The molecule has 116 valence electrons. The Hall–Kier alpha value is -2.33. The van der Waals surface area contributed by atoms with Gasteiger partial charge in [0.15, 0.2) is 0 Å². The van der Waals surface area contributed by atoms with E-state index in [-0.39, 0.29) is 12.2 Å². The topological polar surface area (TPSA) is 66.8 Å². The number of aliphatic hydroxyl groups excluding tert-OH is 1. The second-order valence-corrected chi connectivity index (χ2v) is 5.04. The van der Waals surface area contributed by atoms with Crippen LogP contribution >= 0.6 is 0 Å². The number of carbonyl (C=O) groups is 1. The van der Waals surface area contributed by atoms with Crippen LogP contribution in [0, 0.1) is 0 Å². The van der Waals surface area contributed by atoms with E-state index in [0.29, 0.717) is 6.61 Å². The summed E-state index contributed by atoms with van der Waals surface area (Å²) in [4.78, 5) is 10.8. The summed E-state index contributed by atoms with van der Waals surface area (Å²) in [5.74, 6) is -0.105. The van der Waals surface area contributed by atoms with Crippen LogP contribution in [-0.2, 0) is 0 Å². The Morgan fingerprint density at radius 1 is 0.864 bits per heavy atom. The predicted molar refractivity (Wildman–Crippen MR) is 85.3 cm³/mol. The summed E-state index contributed by atoms with van der Waals surface area (Å²) in [5.41, 5.74) is 2.27. The van der Waals surface area contributed by atoms with Crippen LogP contribution in [0.2, 0.25) is 0 Å². The van der Waals surface area contributed by atoms with Crippen molar-refractivity contribution in [2.45, 2.75) is 19.3 Å². The van der Waals surface area contributed by atoms with E-state index in [4.69, 9.17) is 14.9 Å². The SMILES string of the molecule is O=C(O)c1ccc(-c2ccc(OCCCCCO)cc2)cc1. The van der Waals surface area contributed by atoms with Crippen molar-refractivity contribution in [3.8, 4) is 16.9 Å². The van der Waals surface area contributed by atoms with Crippen LogP contribution in [-0.4, -0.2) is 29.4 Å². The minimum absolute atomic E-state index is 0.232. The lowest BCUT2D eigenvalue weighted by atomic mass is 10.0. The molecule has 0 atom stereocenters. The Morgan fingerprint density at radius 2 is 1.45 bits per heavy atom. The van der Waals surface area contributed by atoms with Crippen molar-refractivity contribution in [1.82, 2.24) is 0 Å². The molecule has 4 heteroatoms. The largest absolute Gasteiger partial charge is 0.494 e. The van der Waals surface area contributed by atoms with Gasteiger partial charge in [-0.15, -0.1) is 0 Å². The minimum atomic E-state index is -0.920. The molecule has 4 nitrogen and oxygen atoms in total. The maximum atomic E-state index is 10.8.